The van der Waals surface area contributed by atoms with Crippen molar-refractivity contribution < 1.29 is 14.6 Å². The second-order valence-electron chi connectivity index (χ2n) is 2.71. The number of aromatic nitrogens is 1. The highest BCUT2D eigenvalue weighted by molar-refractivity contribution is 5.71. The van der Waals surface area contributed by atoms with Gasteiger partial charge in [0.05, 0.1) is 19.7 Å². The fourth-order valence-corrected chi connectivity index (χ4v) is 1.12. The van der Waals surface area contributed by atoms with Crippen LogP contribution in [0.4, 0.5) is 0 Å². The van der Waals surface area contributed by atoms with Crippen LogP contribution in [0.15, 0.2) is 12.4 Å². The van der Waals surface area contributed by atoms with Crippen molar-refractivity contribution in [3.8, 4) is 5.75 Å². The first-order valence-corrected chi connectivity index (χ1v) is 3.84. The van der Waals surface area contributed by atoms with Gasteiger partial charge in [-0.1, -0.05) is 0 Å². The van der Waals surface area contributed by atoms with Crippen LogP contribution in [-0.4, -0.2) is 23.2 Å². The lowest BCUT2D eigenvalue weighted by Gasteiger charge is -2.07. The predicted octanol–water partition coefficient (Wildman–Crippen LogP) is 1.03. The first kappa shape index (κ1) is 9.51. The number of aliphatic carboxylic acids is 1. The SMILES string of the molecule is COc1cncc(C)c1CC(=O)O. The van der Waals surface area contributed by atoms with Crippen molar-refractivity contribution in [2.45, 2.75) is 13.3 Å². The lowest BCUT2D eigenvalue weighted by molar-refractivity contribution is -0.136. The Bertz CT molecular complexity index is 323. The Morgan fingerprint density at radius 2 is 2.31 bits per heavy atom. The fourth-order valence-electron chi connectivity index (χ4n) is 1.12. The van der Waals surface area contributed by atoms with Crippen molar-refractivity contribution >= 4 is 5.97 Å². The summed E-state index contributed by atoms with van der Waals surface area (Å²) in [6.07, 6.45) is 3.11. The summed E-state index contributed by atoms with van der Waals surface area (Å²) in [5.74, 6) is -0.338. The van der Waals surface area contributed by atoms with Crippen molar-refractivity contribution in [2.24, 2.45) is 0 Å². The minimum atomic E-state index is -0.868. The summed E-state index contributed by atoms with van der Waals surface area (Å²) >= 11 is 0. The van der Waals surface area contributed by atoms with Gasteiger partial charge < -0.3 is 9.84 Å². The van der Waals surface area contributed by atoms with Crippen LogP contribution in [0, 0.1) is 6.92 Å². The molecule has 1 N–H and O–H groups in total. The zero-order valence-corrected chi connectivity index (χ0v) is 7.57. The van der Waals surface area contributed by atoms with Gasteiger partial charge in [-0.15, -0.1) is 0 Å². The van der Waals surface area contributed by atoms with Gasteiger partial charge in [0.2, 0.25) is 0 Å². The molecular formula is C9H11NO3. The van der Waals surface area contributed by atoms with Crippen molar-refractivity contribution in [3.63, 3.8) is 0 Å². The van der Waals surface area contributed by atoms with Gasteiger partial charge in [-0.25, -0.2) is 0 Å². The van der Waals surface area contributed by atoms with E-state index in [0.29, 0.717) is 11.3 Å². The minimum Gasteiger partial charge on any atom is -0.495 e. The Kier molecular flexibility index (Phi) is 2.84. The van der Waals surface area contributed by atoms with Gasteiger partial charge in [0.15, 0.2) is 0 Å². The van der Waals surface area contributed by atoms with Crippen LogP contribution in [-0.2, 0) is 11.2 Å². The lowest BCUT2D eigenvalue weighted by Crippen LogP contribution is -2.04. The number of rotatable bonds is 3. The van der Waals surface area contributed by atoms with E-state index in [0.717, 1.165) is 5.56 Å². The molecule has 1 rings (SSSR count). The fraction of sp³-hybridized carbons (Fsp3) is 0.333. The van der Waals surface area contributed by atoms with E-state index < -0.39 is 5.97 Å². The normalized spacial score (nSPS) is 9.69. The number of carbonyl (C=O) groups is 1. The highest BCUT2D eigenvalue weighted by atomic mass is 16.5. The van der Waals surface area contributed by atoms with E-state index in [2.05, 4.69) is 4.98 Å². The van der Waals surface area contributed by atoms with Gasteiger partial charge in [-0.05, 0) is 12.5 Å². The molecule has 0 bridgehead atoms. The van der Waals surface area contributed by atoms with Crippen LogP contribution >= 0.6 is 0 Å². The Balaban J connectivity index is 3.07. The standard InChI is InChI=1S/C9H11NO3/c1-6-4-10-5-8(13-2)7(6)3-9(11)12/h4-5H,3H2,1-2H3,(H,11,12). The molecule has 0 saturated carbocycles. The molecule has 0 aliphatic carbocycles. The van der Waals surface area contributed by atoms with Crippen molar-refractivity contribution in [1.29, 1.82) is 0 Å². The number of aryl methyl sites for hydroxylation is 1. The zero-order chi connectivity index (χ0) is 9.84. The van der Waals surface area contributed by atoms with E-state index >= 15 is 0 Å². The second kappa shape index (κ2) is 3.89. The van der Waals surface area contributed by atoms with E-state index in [1.54, 1.807) is 6.20 Å². The van der Waals surface area contributed by atoms with E-state index in [-0.39, 0.29) is 6.42 Å². The van der Waals surface area contributed by atoms with Gasteiger partial charge in [-0.2, -0.15) is 0 Å². The summed E-state index contributed by atoms with van der Waals surface area (Å²) in [6.45, 7) is 1.81. The average molecular weight is 181 g/mol. The quantitative estimate of drug-likeness (QED) is 0.756. The van der Waals surface area contributed by atoms with Gasteiger partial charge in [0.25, 0.3) is 0 Å². The van der Waals surface area contributed by atoms with Gasteiger partial charge >= 0.3 is 5.97 Å². The number of ether oxygens (including phenoxy) is 1. The molecular weight excluding hydrogens is 170 g/mol. The number of nitrogens with zero attached hydrogens (tertiary/aromatic N) is 1. The summed E-state index contributed by atoms with van der Waals surface area (Å²) < 4.78 is 5.00. The molecule has 1 aromatic rings. The molecule has 0 atom stereocenters. The summed E-state index contributed by atoms with van der Waals surface area (Å²) in [7, 11) is 1.50. The van der Waals surface area contributed by atoms with E-state index in [1.807, 2.05) is 6.92 Å². The zero-order valence-electron chi connectivity index (χ0n) is 7.57. The third kappa shape index (κ3) is 2.18. The summed E-state index contributed by atoms with van der Waals surface area (Å²) in [5, 5.41) is 8.64. The van der Waals surface area contributed by atoms with Gasteiger partial charge in [-0.3, -0.25) is 9.78 Å². The Morgan fingerprint density at radius 3 is 2.85 bits per heavy atom. The first-order valence-electron chi connectivity index (χ1n) is 3.84. The summed E-state index contributed by atoms with van der Waals surface area (Å²) in [5.41, 5.74) is 1.52. The minimum absolute atomic E-state index is 0.0302. The molecule has 0 aromatic carbocycles. The Morgan fingerprint density at radius 1 is 1.62 bits per heavy atom. The highest BCUT2D eigenvalue weighted by Gasteiger charge is 2.09. The smallest absolute Gasteiger partial charge is 0.307 e. The highest BCUT2D eigenvalue weighted by Crippen LogP contribution is 2.20. The molecule has 0 aliphatic rings. The number of methoxy groups -OCH3 is 1. The van der Waals surface area contributed by atoms with Crippen LogP contribution in [0.3, 0.4) is 0 Å². The van der Waals surface area contributed by atoms with Crippen molar-refractivity contribution in [2.75, 3.05) is 7.11 Å². The van der Waals surface area contributed by atoms with Crippen LogP contribution in [0.25, 0.3) is 0 Å². The predicted molar refractivity (Wildman–Crippen MR) is 46.9 cm³/mol. The molecule has 1 heterocycles. The maximum absolute atomic E-state index is 10.5. The topological polar surface area (TPSA) is 59.4 Å². The maximum Gasteiger partial charge on any atom is 0.307 e. The Hall–Kier alpha value is -1.58. The lowest BCUT2D eigenvalue weighted by atomic mass is 10.1. The molecule has 4 heteroatoms. The molecule has 0 saturated heterocycles. The number of pyridine rings is 1. The molecule has 0 fully saturated rings. The average Bonchev–Trinajstić information content (AvgIpc) is 2.08. The summed E-state index contributed by atoms with van der Waals surface area (Å²) in [4.78, 5) is 14.4. The molecule has 1 aromatic heterocycles. The van der Waals surface area contributed by atoms with Crippen molar-refractivity contribution in [3.05, 3.63) is 23.5 Å². The second-order valence-corrected chi connectivity index (χ2v) is 2.71. The molecule has 0 radical (unpaired) electrons. The van der Waals surface area contributed by atoms with E-state index in [4.69, 9.17) is 9.84 Å². The first-order chi connectivity index (χ1) is 6.15. The number of hydrogen-bond donors (Lipinski definition) is 1. The van der Waals surface area contributed by atoms with E-state index in [9.17, 15) is 4.79 Å². The number of carboxylic acids is 1. The summed E-state index contributed by atoms with van der Waals surface area (Å²) in [6, 6.07) is 0. The monoisotopic (exact) mass is 181 g/mol. The maximum atomic E-state index is 10.5. The van der Waals surface area contributed by atoms with Crippen LogP contribution in [0.2, 0.25) is 0 Å². The number of hydrogen-bond acceptors (Lipinski definition) is 3. The molecule has 0 amide bonds. The third-order valence-electron chi connectivity index (χ3n) is 1.78. The largest absolute Gasteiger partial charge is 0.495 e. The molecule has 0 spiro atoms. The van der Waals surface area contributed by atoms with Gasteiger partial charge in [0, 0.05) is 11.8 Å². The molecule has 0 aliphatic heterocycles. The molecule has 70 valence electrons. The number of carboxylic acid groups (broad SMARTS) is 1. The molecule has 4 nitrogen and oxygen atoms in total. The van der Waals surface area contributed by atoms with Crippen molar-refractivity contribution in [1.82, 2.24) is 4.98 Å². The van der Waals surface area contributed by atoms with Crippen LogP contribution < -0.4 is 4.74 Å². The van der Waals surface area contributed by atoms with Gasteiger partial charge in [0.1, 0.15) is 5.75 Å². The van der Waals surface area contributed by atoms with Crippen LogP contribution in [0.5, 0.6) is 5.75 Å². The molecule has 0 unspecified atom stereocenters. The Labute approximate surface area is 76.2 Å². The molecule has 13 heavy (non-hydrogen) atoms. The third-order valence-corrected chi connectivity index (χ3v) is 1.78. The van der Waals surface area contributed by atoms with Crippen LogP contribution in [0.1, 0.15) is 11.1 Å². The van der Waals surface area contributed by atoms with E-state index in [1.165, 1.54) is 13.3 Å².